The molecule has 1 fully saturated rings. The van der Waals surface area contributed by atoms with Crippen molar-refractivity contribution in [2.45, 2.75) is 19.8 Å². The summed E-state index contributed by atoms with van der Waals surface area (Å²) in [4.78, 5) is 32.4. The van der Waals surface area contributed by atoms with Crippen molar-refractivity contribution in [1.82, 2.24) is 24.8 Å². The van der Waals surface area contributed by atoms with E-state index in [9.17, 15) is 4.79 Å². The van der Waals surface area contributed by atoms with Crippen molar-refractivity contribution in [2.75, 3.05) is 44.2 Å². The van der Waals surface area contributed by atoms with Crippen LogP contribution in [0.2, 0.25) is 0 Å². The molecule has 4 heterocycles. The third kappa shape index (κ3) is 4.96. The number of aryl methyl sites for hydroxylation is 1. The topological polar surface area (TPSA) is 87.2 Å². The van der Waals surface area contributed by atoms with Gasteiger partial charge in [-0.15, -0.1) is 0 Å². The van der Waals surface area contributed by atoms with Crippen molar-refractivity contribution in [3.63, 3.8) is 0 Å². The number of aromatic amines is 1. The van der Waals surface area contributed by atoms with Crippen LogP contribution in [0.4, 0.5) is 5.69 Å². The Labute approximate surface area is 192 Å². The maximum absolute atomic E-state index is 11.4. The molecule has 0 saturated carbocycles. The first-order valence-electron chi connectivity index (χ1n) is 11.5. The van der Waals surface area contributed by atoms with Gasteiger partial charge in [-0.1, -0.05) is 18.2 Å². The van der Waals surface area contributed by atoms with E-state index in [1.54, 1.807) is 12.3 Å². The lowest BCUT2D eigenvalue weighted by Gasteiger charge is -2.36. The number of nitrogens with one attached hydrogen (secondary N) is 1. The molecule has 0 amide bonds. The molecule has 33 heavy (non-hydrogen) atoms. The molecule has 8 nitrogen and oxygen atoms in total. The monoisotopic (exact) mass is 444 g/mol. The van der Waals surface area contributed by atoms with Crippen LogP contribution >= 0.6 is 0 Å². The van der Waals surface area contributed by atoms with Gasteiger partial charge in [-0.05, 0) is 44.5 Å². The summed E-state index contributed by atoms with van der Waals surface area (Å²) < 4.78 is 5.69. The van der Waals surface area contributed by atoms with Crippen LogP contribution in [0, 0.1) is 6.92 Å². The number of nitrogens with zero attached hydrogens (tertiary/aromatic N) is 5. The number of H-pyrrole nitrogens is 1. The summed E-state index contributed by atoms with van der Waals surface area (Å²) in [5.74, 6) is 0. The predicted octanol–water partition coefficient (Wildman–Crippen LogP) is 3.16. The summed E-state index contributed by atoms with van der Waals surface area (Å²) in [6.07, 6.45) is 3.65. The largest absolute Gasteiger partial charge is 0.463 e. The zero-order chi connectivity index (χ0) is 22.6. The molecule has 0 radical (unpaired) electrons. The van der Waals surface area contributed by atoms with Gasteiger partial charge in [0.2, 0.25) is 5.56 Å². The molecule has 0 unspecified atom stereocenters. The minimum Gasteiger partial charge on any atom is -0.463 e. The lowest BCUT2D eigenvalue weighted by atomic mass is 10.1. The summed E-state index contributed by atoms with van der Waals surface area (Å²) in [6, 6.07) is 14.1. The zero-order valence-corrected chi connectivity index (χ0v) is 18.8. The van der Waals surface area contributed by atoms with Crippen LogP contribution in [-0.4, -0.2) is 64.2 Å². The number of unbranched alkanes of at least 4 members (excludes halogenated alkanes) is 1. The van der Waals surface area contributed by atoms with Crippen LogP contribution < -0.4 is 15.2 Å². The maximum Gasteiger partial charge on any atom is 0.318 e. The molecule has 1 aliphatic heterocycles. The van der Waals surface area contributed by atoms with Crippen molar-refractivity contribution in [3.8, 4) is 6.01 Å². The molecule has 1 aliphatic rings. The number of fused-ring (bicyclic) bond motifs is 2. The number of piperazine rings is 1. The van der Waals surface area contributed by atoms with Crippen LogP contribution in [-0.2, 0) is 0 Å². The number of hydrogen-bond acceptors (Lipinski definition) is 7. The Kier molecular flexibility index (Phi) is 6.17. The molecule has 0 spiro atoms. The average molecular weight is 445 g/mol. The molecule has 1 aromatic carbocycles. The standard InChI is InChI=1S/C25H28N6O2/c1-18-7-8-19-5-4-6-21(23(19)27-18)31-14-12-30(13-15-31)11-2-3-16-33-25-26-17-20-9-10-22(32)28-24(20)29-25/h4-10,17H,2-3,11-16H2,1H3,(H,26,28,29,32). The fourth-order valence-corrected chi connectivity index (χ4v) is 4.29. The summed E-state index contributed by atoms with van der Waals surface area (Å²) in [5, 5.41) is 1.98. The van der Waals surface area contributed by atoms with E-state index >= 15 is 0 Å². The van der Waals surface area contributed by atoms with E-state index in [-0.39, 0.29) is 5.56 Å². The molecular formula is C25H28N6O2. The molecule has 4 aromatic rings. The second-order valence-electron chi connectivity index (χ2n) is 8.46. The molecule has 5 rings (SSSR count). The van der Waals surface area contributed by atoms with Gasteiger partial charge in [-0.3, -0.25) is 14.7 Å². The Morgan fingerprint density at radius 3 is 2.70 bits per heavy atom. The number of rotatable bonds is 7. The van der Waals surface area contributed by atoms with E-state index < -0.39 is 0 Å². The van der Waals surface area contributed by atoms with Gasteiger partial charge in [-0.2, -0.15) is 4.98 Å². The number of benzene rings is 1. The van der Waals surface area contributed by atoms with Crippen molar-refractivity contribution in [1.29, 1.82) is 0 Å². The van der Waals surface area contributed by atoms with E-state index in [2.05, 4.69) is 55.1 Å². The quantitative estimate of drug-likeness (QED) is 0.438. The first-order chi connectivity index (χ1) is 16.2. The van der Waals surface area contributed by atoms with E-state index in [0.717, 1.165) is 62.2 Å². The van der Waals surface area contributed by atoms with Crippen LogP contribution in [0.3, 0.4) is 0 Å². The van der Waals surface area contributed by atoms with Gasteiger partial charge < -0.3 is 14.6 Å². The number of anilines is 1. The normalized spacial score (nSPS) is 14.8. The van der Waals surface area contributed by atoms with Crippen LogP contribution in [0.15, 0.2) is 53.5 Å². The number of hydrogen-bond donors (Lipinski definition) is 1. The predicted molar refractivity (Wildman–Crippen MR) is 130 cm³/mol. The third-order valence-electron chi connectivity index (χ3n) is 6.10. The Hall–Kier alpha value is -3.52. The van der Waals surface area contributed by atoms with Crippen LogP contribution in [0.25, 0.3) is 21.9 Å². The Balaban J connectivity index is 1.07. The van der Waals surface area contributed by atoms with Gasteiger partial charge in [0.15, 0.2) is 0 Å². The van der Waals surface area contributed by atoms with Crippen molar-refractivity contribution in [2.24, 2.45) is 0 Å². The highest BCUT2D eigenvalue weighted by molar-refractivity contribution is 5.91. The molecule has 0 aliphatic carbocycles. The molecule has 170 valence electrons. The van der Waals surface area contributed by atoms with Gasteiger partial charge >= 0.3 is 6.01 Å². The number of para-hydroxylation sites is 1. The molecule has 0 bridgehead atoms. The Morgan fingerprint density at radius 1 is 0.970 bits per heavy atom. The first kappa shape index (κ1) is 21.3. The smallest absolute Gasteiger partial charge is 0.318 e. The summed E-state index contributed by atoms with van der Waals surface area (Å²) in [6.45, 7) is 7.77. The molecule has 3 aromatic heterocycles. The molecule has 1 saturated heterocycles. The van der Waals surface area contributed by atoms with E-state index in [4.69, 9.17) is 9.72 Å². The highest BCUT2D eigenvalue weighted by atomic mass is 16.5. The lowest BCUT2D eigenvalue weighted by Crippen LogP contribution is -2.46. The third-order valence-corrected chi connectivity index (χ3v) is 6.10. The Bertz CT molecular complexity index is 1310. The summed E-state index contributed by atoms with van der Waals surface area (Å²) in [7, 11) is 0. The molecule has 0 atom stereocenters. The minimum absolute atomic E-state index is 0.181. The summed E-state index contributed by atoms with van der Waals surface area (Å²) >= 11 is 0. The first-order valence-corrected chi connectivity index (χ1v) is 11.5. The van der Waals surface area contributed by atoms with E-state index in [1.807, 2.05) is 6.92 Å². The minimum atomic E-state index is -0.181. The molecule has 8 heteroatoms. The van der Waals surface area contributed by atoms with Gasteiger partial charge in [0.1, 0.15) is 5.65 Å². The second kappa shape index (κ2) is 9.54. The van der Waals surface area contributed by atoms with Crippen molar-refractivity contribution in [3.05, 3.63) is 64.7 Å². The van der Waals surface area contributed by atoms with E-state index in [0.29, 0.717) is 18.3 Å². The number of pyridine rings is 2. The van der Waals surface area contributed by atoms with Crippen LogP contribution in [0.5, 0.6) is 6.01 Å². The van der Waals surface area contributed by atoms with Crippen molar-refractivity contribution < 1.29 is 4.74 Å². The number of aromatic nitrogens is 4. The molecular weight excluding hydrogens is 416 g/mol. The Morgan fingerprint density at radius 2 is 1.82 bits per heavy atom. The summed E-state index contributed by atoms with van der Waals surface area (Å²) in [5.41, 5.74) is 3.71. The highest BCUT2D eigenvalue weighted by Crippen LogP contribution is 2.26. The molecule has 1 N–H and O–H groups in total. The average Bonchev–Trinajstić information content (AvgIpc) is 2.83. The van der Waals surface area contributed by atoms with Gasteiger partial charge in [0.05, 0.1) is 17.8 Å². The van der Waals surface area contributed by atoms with Gasteiger partial charge in [0.25, 0.3) is 0 Å². The van der Waals surface area contributed by atoms with Gasteiger partial charge in [0, 0.05) is 54.9 Å². The van der Waals surface area contributed by atoms with Gasteiger partial charge in [-0.25, -0.2) is 4.98 Å². The number of ether oxygens (including phenoxy) is 1. The lowest BCUT2D eigenvalue weighted by molar-refractivity contribution is 0.234. The SMILES string of the molecule is Cc1ccc2cccc(N3CCN(CCCCOc4ncc5ccc(=O)[nH]c5n4)CC3)c2n1. The zero-order valence-electron chi connectivity index (χ0n) is 18.8. The fourth-order valence-electron chi connectivity index (χ4n) is 4.29. The maximum atomic E-state index is 11.4. The van der Waals surface area contributed by atoms with Crippen molar-refractivity contribution >= 4 is 27.6 Å². The van der Waals surface area contributed by atoms with E-state index in [1.165, 1.54) is 17.1 Å². The second-order valence-corrected chi connectivity index (χ2v) is 8.46. The fraction of sp³-hybridized carbons (Fsp3) is 0.360. The highest BCUT2D eigenvalue weighted by Gasteiger charge is 2.19. The van der Waals surface area contributed by atoms with Crippen LogP contribution in [0.1, 0.15) is 18.5 Å².